The van der Waals surface area contributed by atoms with E-state index >= 15 is 0 Å². The maximum absolute atomic E-state index is 13.0. The number of hydrogen-bond acceptors (Lipinski definition) is 2. The highest BCUT2D eigenvalue weighted by Crippen LogP contribution is 2.40. The number of nitrogens with zero attached hydrogens (tertiary/aromatic N) is 2. The lowest BCUT2D eigenvalue weighted by Gasteiger charge is -2.28. The smallest absolute Gasteiger partial charge is 0.356 e. The average molecular weight is 342 g/mol. The van der Waals surface area contributed by atoms with Crippen LogP contribution in [0.5, 0.6) is 0 Å². The zero-order valence-corrected chi connectivity index (χ0v) is 13.4. The number of alkyl halides is 6. The van der Waals surface area contributed by atoms with E-state index in [-0.39, 0.29) is 17.7 Å². The molecular weight excluding hydrogens is 322 g/mol. The second-order valence-corrected chi connectivity index (χ2v) is 6.25. The van der Waals surface area contributed by atoms with Crippen LogP contribution in [0.4, 0.5) is 32.2 Å². The highest BCUT2D eigenvalue weighted by atomic mass is 19.4. The number of aromatic nitrogens is 1. The number of halogens is 6. The molecule has 1 aromatic rings. The number of rotatable bonds is 5. The molecule has 0 saturated heterocycles. The third-order valence-corrected chi connectivity index (χ3v) is 2.95. The third kappa shape index (κ3) is 5.58. The van der Waals surface area contributed by atoms with Crippen molar-refractivity contribution < 1.29 is 26.3 Å². The van der Waals surface area contributed by atoms with Crippen LogP contribution in [0.2, 0.25) is 0 Å². The van der Waals surface area contributed by atoms with Crippen molar-refractivity contribution >= 4 is 5.82 Å². The predicted molar refractivity (Wildman–Crippen MR) is 76.1 cm³/mol. The summed E-state index contributed by atoms with van der Waals surface area (Å²) in [5.41, 5.74) is -3.65. The molecule has 23 heavy (non-hydrogen) atoms. The minimum absolute atomic E-state index is 0.0901. The molecule has 132 valence electrons. The summed E-state index contributed by atoms with van der Waals surface area (Å²) < 4.78 is 77.2. The highest BCUT2D eigenvalue weighted by molar-refractivity contribution is 5.43. The Hall–Kier alpha value is -1.47. The molecule has 0 bridgehead atoms. The minimum Gasteiger partial charge on any atom is -0.356 e. The van der Waals surface area contributed by atoms with Crippen LogP contribution in [0.25, 0.3) is 0 Å². The Kier molecular flexibility index (Phi) is 5.93. The van der Waals surface area contributed by atoms with E-state index < -0.39 is 23.6 Å². The standard InChI is InChI=1S/C15H20F6N2/c1-9(2)7-23(8-10(3)4)12-6-5-11(14(16,17)18)13(22-12)15(19,20)21/h5-6,9-10H,7-8H2,1-4H3. The zero-order chi connectivity index (χ0) is 18.0. The van der Waals surface area contributed by atoms with Crippen molar-refractivity contribution in [2.45, 2.75) is 40.0 Å². The van der Waals surface area contributed by atoms with Gasteiger partial charge in [-0.3, -0.25) is 0 Å². The van der Waals surface area contributed by atoms with E-state index in [4.69, 9.17) is 0 Å². The van der Waals surface area contributed by atoms with Gasteiger partial charge in [-0.2, -0.15) is 26.3 Å². The van der Waals surface area contributed by atoms with Gasteiger partial charge in [0.1, 0.15) is 5.82 Å². The molecule has 8 heteroatoms. The summed E-state index contributed by atoms with van der Waals surface area (Å²) in [6.45, 7) is 8.33. The van der Waals surface area contributed by atoms with Crippen molar-refractivity contribution in [2.24, 2.45) is 11.8 Å². The Bertz CT molecular complexity index is 510. The van der Waals surface area contributed by atoms with E-state index in [2.05, 4.69) is 4.98 Å². The molecule has 0 amide bonds. The first kappa shape index (κ1) is 19.6. The maximum Gasteiger partial charge on any atom is 0.434 e. The fourth-order valence-corrected chi connectivity index (χ4v) is 2.21. The summed E-state index contributed by atoms with van der Waals surface area (Å²) in [5, 5.41) is 0. The van der Waals surface area contributed by atoms with Crippen molar-refractivity contribution in [3.63, 3.8) is 0 Å². The lowest BCUT2D eigenvalue weighted by atomic mass is 10.1. The molecule has 0 atom stereocenters. The summed E-state index contributed by atoms with van der Waals surface area (Å²) in [7, 11) is 0. The van der Waals surface area contributed by atoms with Crippen molar-refractivity contribution in [3.05, 3.63) is 23.4 Å². The van der Waals surface area contributed by atoms with E-state index in [9.17, 15) is 26.3 Å². The summed E-state index contributed by atoms with van der Waals surface area (Å²) in [4.78, 5) is 4.89. The van der Waals surface area contributed by atoms with Crippen LogP contribution in [-0.4, -0.2) is 18.1 Å². The molecule has 1 rings (SSSR count). The van der Waals surface area contributed by atoms with Gasteiger partial charge in [-0.25, -0.2) is 4.98 Å². The summed E-state index contributed by atoms with van der Waals surface area (Å²) in [6.07, 6.45) is -10.3. The van der Waals surface area contributed by atoms with E-state index in [1.807, 2.05) is 27.7 Å². The van der Waals surface area contributed by atoms with Gasteiger partial charge < -0.3 is 4.90 Å². The van der Waals surface area contributed by atoms with Crippen LogP contribution in [0, 0.1) is 11.8 Å². The monoisotopic (exact) mass is 342 g/mol. The van der Waals surface area contributed by atoms with Crippen LogP contribution >= 0.6 is 0 Å². The Balaban J connectivity index is 3.36. The summed E-state index contributed by atoms with van der Waals surface area (Å²) >= 11 is 0. The largest absolute Gasteiger partial charge is 0.434 e. The summed E-state index contributed by atoms with van der Waals surface area (Å²) in [5.74, 6) is 0.173. The van der Waals surface area contributed by atoms with Crippen molar-refractivity contribution in [1.82, 2.24) is 4.98 Å². The maximum atomic E-state index is 13.0. The topological polar surface area (TPSA) is 16.1 Å². The quantitative estimate of drug-likeness (QED) is 0.681. The lowest BCUT2D eigenvalue weighted by Crippen LogP contribution is -2.33. The van der Waals surface area contributed by atoms with Crippen LogP contribution in [-0.2, 0) is 12.4 Å². The SMILES string of the molecule is CC(C)CN(CC(C)C)c1ccc(C(F)(F)F)c(C(F)(F)F)n1. The van der Waals surface area contributed by atoms with Crippen LogP contribution in [0.15, 0.2) is 12.1 Å². The number of pyridine rings is 1. The molecule has 0 aliphatic carbocycles. The molecule has 0 aromatic carbocycles. The van der Waals surface area contributed by atoms with Crippen LogP contribution < -0.4 is 4.90 Å². The zero-order valence-electron chi connectivity index (χ0n) is 13.4. The molecule has 0 aliphatic heterocycles. The number of anilines is 1. The molecular formula is C15H20F6N2. The predicted octanol–water partition coefficient (Wildman–Crippen LogP) is 5.24. The van der Waals surface area contributed by atoms with E-state index in [1.165, 1.54) is 0 Å². The van der Waals surface area contributed by atoms with E-state index in [1.54, 1.807) is 4.90 Å². The Morgan fingerprint density at radius 2 is 1.35 bits per heavy atom. The highest BCUT2D eigenvalue weighted by Gasteiger charge is 2.45. The Labute approximate surface area is 131 Å². The number of hydrogen-bond donors (Lipinski definition) is 0. The van der Waals surface area contributed by atoms with Crippen LogP contribution in [0.1, 0.15) is 39.0 Å². The first-order chi connectivity index (χ1) is 10.3. The van der Waals surface area contributed by atoms with Crippen molar-refractivity contribution in [1.29, 1.82) is 0 Å². The second-order valence-electron chi connectivity index (χ2n) is 6.25. The molecule has 0 fully saturated rings. The molecule has 0 radical (unpaired) electrons. The molecule has 2 nitrogen and oxygen atoms in total. The molecule has 1 aromatic heterocycles. The molecule has 0 unspecified atom stereocenters. The molecule has 0 saturated carbocycles. The molecule has 0 spiro atoms. The van der Waals surface area contributed by atoms with Gasteiger partial charge >= 0.3 is 12.4 Å². The van der Waals surface area contributed by atoms with E-state index in [0.29, 0.717) is 19.2 Å². The van der Waals surface area contributed by atoms with Gasteiger partial charge in [0.15, 0.2) is 5.69 Å². The first-order valence-corrected chi connectivity index (χ1v) is 7.22. The van der Waals surface area contributed by atoms with Gasteiger partial charge in [0.25, 0.3) is 0 Å². The third-order valence-electron chi connectivity index (χ3n) is 2.95. The van der Waals surface area contributed by atoms with Gasteiger partial charge in [0.2, 0.25) is 0 Å². The van der Waals surface area contributed by atoms with Crippen molar-refractivity contribution in [3.8, 4) is 0 Å². The second kappa shape index (κ2) is 6.97. The van der Waals surface area contributed by atoms with Gasteiger partial charge in [0, 0.05) is 13.1 Å². The van der Waals surface area contributed by atoms with Gasteiger partial charge in [-0.1, -0.05) is 27.7 Å². The fraction of sp³-hybridized carbons (Fsp3) is 0.667. The first-order valence-electron chi connectivity index (χ1n) is 7.22. The summed E-state index contributed by atoms with van der Waals surface area (Å²) in [6, 6.07) is 1.46. The molecule has 1 heterocycles. The average Bonchev–Trinajstić information content (AvgIpc) is 2.34. The fourth-order valence-electron chi connectivity index (χ4n) is 2.21. The van der Waals surface area contributed by atoms with Gasteiger partial charge in [-0.05, 0) is 24.0 Å². The van der Waals surface area contributed by atoms with Gasteiger partial charge in [-0.15, -0.1) is 0 Å². The van der Waals surface area contributed by atoms with Crippen LogP contribution in [0.3, 0.4) is 0 Å². The minimum atomic E-state index is -5.16. The van der Waals surface area contributed by atoms with Crippen molar-refractivity contribution in [2.75, 3.05) is 18.0 Å². The lowest BCUT2D eigenvalue weighted by molar-refractivity contribution is -0.164. The Morgan fingerprint density at radius 3 is 1.70 bits per heavy atom. The Morgan fingerprint density at radius 1 is 0.870 bits per heavy atom. The normalized spacial score (nSPS) is 13.0. The van der Waals surface area contributed by atoms with Gasteiger partial charge in [0.05, 0.1) is 5.56 Å². The molecule has 0 aliphatic rings. The van der Waals surface area contributed by atoms with E-state index in [0.717, 1.165) is 6.07 Å². The molecule has 0 N–H and O–H groups in total.